The summed E-state index contributed by atoms with van der Waals surface area (Å²) in [5.74, 6) is -1.46. The van der Waals surface area contributed by atoms with Gasteiger partial charge in [-0.3, -0.25) is 10.1 Å². The van der Waals surface area contributed by atoms with Gasteiger partial charge in [-0.2, -0.15) is 0 Å². The minimum atomic E-state index is -1.04. The van der Waals surface area contributed by atoms with Gasteiger partial charge in [0.05, 0.1) is 0 Å². The molecule has 0 bridgehead atoms. The van der Waals surface area contributed by atoms with Crippen LogP contribution in [0.2, 0.25) is 0 Å². The van der Waals surface area contributed by atoms with E-state index >= 15 is 0 Å². The highest BCUT2D eigenvalue weighted by Gasteiger charge is 2.29. The molecule has 0 unspecified atom stereocenters. The molecule has 35 heavy (non-hydrogen) atoms. The van der Waals surface area contributed by atoms with E-state index in [1.54, 1.807) is 18.2 Å². The molecule has 0 aromatic heterocycles. The zero-order chi connectivity index (χ0) is 24.9. The normalized spacial score (nSPS) is 12.5. The molecular formula is C28H26N2O5. The van der Waals surface area contributed by atoms with Crippen molar-refractivity contribution in [1.29, 1.82) is 0 Å². The molecule has 0 heterocycles. The average molecular weight is 471 g/mol. The maximum atomic E-state index is 12.6. The van der Waals surface area contributed by atoms with Gasteiger partial charge < -0.3 is 15.2 Å². The second-order valence-corrected chi connectivity index (χ2v) is 8.38. The Balaban J connectivity index is 1.40. The smallest absolute Gasteiger partial charge is 0.411 e. The van der Waals surface area contributed by atoms with E-state index < -0.39 is 12.1 Å². The van der Waals surface area contributed by atoms with Crippen LogP contribution >= 0.6 is 0 Å². The van der Waals surface area contributed by atoms with Crippen LogP contribution in [-0.2, 0) is 9.53 Å². The number of hydrogen-bond donors (Lipinski definition) is 3. The van der Waals surface area contributed by atoms with Gasteiger partial charge in [0.15, 0.2) is 0 Å². The van der Waals surface area contributed by atoms with E-state index in [1.165, 1.54) is 13.0 Å². The molecule has 1 aliphatic carbocycles. The quantitative estimate of drug-likeness (QED) is 0.416. The van der Waals surface area contributed by atoms with Crippen molar-refractivity contribution in [1.82, 2.24) is 5.32 Å². The van der Waals surface area contributed by atoms with Crippen molar-refractivity contribution in [2.45, 2.75) is 19.8 Å². The number of amides is 2. The van der Waals surface area contributed by atoms with Gasteiger partial charge in [0.1, 0.15) is 6.61 Å². The second kappa shape index (κ2) is 10.3. The van der Waals surface area contributed by atoms with Gasteiger partial charge in [-0.15, -0.1) is 0 Å². The Morgan fingerprint density at radius 3 is 2.23 bits per heavy atom. The molecule has 0 fully saturated rings. The lowest BCUT2D eigenvalue weighted by Gasteiger charge is -2.15. The fourth-order valence-electron chi connectivity index (χ4n) is 4.13. The number of ether oxygens (including phenoxy) is 1. The van der Waals surface area contributed by atoms with E-state index in [0.29, 0.717) is 11.3 Å². The summed E-state index contributed by atoms with van der Waals surface area (Å²) >= 11 is 0. The maximum absolute atomic E-state index is 12.6. The molecule has 178 valence electrons. The van der Waals surface area contributed by atoms with Crippen molar-refractivity contribution in [3.05, 3.63) is 101 Å². The monoisotopic (exact) mass is 470 g/mol. The number of aliphatic carboxylic acids is 1. The molecule has 2 amide bonds. The SMILES string of the molecule is C/C(=C\CNC(=O)c1ccc(C)c(NC(=O)OCC2c3ccccc3-c3ccccc32)c1)C(=O)O. The summed E-state index contributed by atoms with van der Waals surface area (Å²) in [6, 6.07) is 21.2. The molecule has 3 aromatic rings. The number of carboxylic acids is 1. The van der Waals surface area contributed by atoms with Crippen molar-refractivity contribution in [3.8, 4) is 11.1 Å². The predicted molar refractivity (Wildman–Crippen MR) is 134 cm³/mol. The van der Waals surface area contributed by atoms with E-state index in [-0.39, 0.29) is 30.5 Å². The van der Waals surface area contributed by atoms with Gasteiger partial charge in [0, 0.05) is 29.3 Å². The molecule has 7 nitrogen and oxygen atoms in total. The largest absolute Gasteiger partial charge is 0.478 e. The number of hydrogen-bond acceptors (Lipinski definition) is 4. The van der Waals surface area contributed by atoms with E-state index in [9.17, 15) is 14.4 Å². The van der Waals surface area contributed by atoms with E-state index in [0.717, 1.165) is 27.8 Å². The Labute approximate surface area is 203 Å². The molecule has 3 N–H and O–H groups in total. The Kier molecular flexibility index (Phi) is 6.96. The minimum Gasteiger partial charge on any atom is -0.478 e. The van der Waals surface area contributed by atoms with Gasteiger partial charge in [-0.1, -0.05) is 60.7 Å². The first-order chi connectivity index (χ1) is 16.8. The minimum absolute atomic E-state index is 0.0475. The number of rotatable bonds is 7. The lowest BCUT2D eigenvalue weighted by molar-refractivity contribution is -0.132. The van der Waals surface area contributed by atoms with Gasteiger partial charge in [-0.25, -0.2) is 9.59 Å². The number of carbonyl (C=O) groups is 3. The van der Waals surface area contributed by atoms with Gasteiger partial charge in [-0.05, 0) is 53.8 Å². The molecule has 3 aromatic carbocycles. The second-order valence-electron chi connectivity index (χ2n) is 8.38. The molecule has 4 rings (SSSR count). The number of anilines is 1. The fraction of sp³-hybridized carbons (Fsp3) is 0.179. The molecular weight excluding hydrogens is 444 g/mol. The molecule has 0 spiro atoms. The summed E-state index contributed by atoms with van der Waals surface area (Å²) in [7, 11) is 0. The predicted octanol–water partition coefficient (Wildman–Crippen LogP) is 5.12. The highest BCUT2D eigenvalue weighted by Crippen LogP contribution is 2.44. The number of carbonyl (C=O) groups excluding carboxylic acids is 2. The van der Waals surface area contributed by atoms with Crippen molar-refractivity contribution in [2.75, 3.05) is 18.5 Å². The van der Waals surface area contributed by atoms with Crippen LogP contribution in [0.3, 0.4) is 0 Å². The lowest BCUT2D eigenvalue weighted by atomic mass is 9.98. The summed E-state index contributed by atoms with van der Waals surface area (Å²) in [6.45, 7) is 3.55. The Morgan fingerprint density at radius 2 is 1.60 bits per heavy atom. The topological polar surface area (TPSA) is 105 Å². The van der Waals surface area contributed by atoms with Crippen LogP contribution in [0.4, 0.5) is 10.5 Å². The summed E-state index contributed by atoms with van der Waals surface area (Å²) in [6.07, 6.45) is 0.817. The Morgan fingerprint density at radius 1 is 0.971 bits per heavy atom. The van der Waals surface area contributed by atoms with Gasteiger partial charge in [0.2, 0.25) is 0 Å². The molecule has 0 saturated heterocycles. The first kappa shape index (κ1) is 23.8. The van der Waals surface area contributed by atoms with Gasteiger partial charge >= 0.3 is 12.1 Å². The maximum Gasteiger partial charge on any atom is 0.411 e. The highest BCUT2D eigenvalue weighted by atomic mass is 16.5. The van der Waals surface area contributed by atoms with Crippen LogP contribution in [0.1, 0.15) is 39.9 Å². The molecule has 0 saturated carbocycles. The first-order valence-corrected chi connectivity index (χ1v) is 11.3. The zero-order valence-corrected chi connectivity index (χ0v) is 19.5. The third-order valence-corrected chi connectivity index (χ3v) is 6.09. The molecule has 1 aliphatic rings. The van der Waals surface area contributed by atoms with Crippen LogP contribution in [0, 0.1) is 6.92 Å². The highest BCUT2D eigenvalue weighted by molar-refractivity contribution is 5.97. The third-order valence-electron chi connectivity index (χ3n) is 6.09. The van der Waals surface area contributed by atoms with Crippen molar-refractivity contribution in [3.63, 3.8) is 0 Å². The molecule has 0 radical (unpaired) electrons. The van der Waals surface area contributed by atoms with Crippen molar-refractivity contribution < 1.29 is 24.2 Å². The number of aryl methyl sites for hydroxylation is 1. The zero-order valence-electron chi connectivity index (χ0n) is 19.5. The standard InChI is InChI=1S/C28H26N2O5/c1-17-11-12-19(26(31)29-14-13-18(2)27(32)33)15-25(17)30-28(34)35-16-24-22-9-5-3-7-20(22)21-8-4-6-10-23(21)24/h3-13,15,24H,14,16H2,1-2H3,(H,29,31)(H,30,34)(H,32,33)/b18-13+. The van der Waals surface area contributed by atoms with Crippen LogP contribution in [0.25, 0.3) is 11.1 Å². The van der Waals surface area contributed by atoms with Crippen LogP contribution in [-0.4, -0.2) is 36.2 Å². The van der Waals surface area contributed by atoms with Crippen molar-refractivity contribution in [2.24, 2.45) is 0 Å². The van der Waals surface area contributed by atoms with Gasteiger partial charge in [0.25, 0.3) is 5.91 Å². The molecule has 0 atom stereocenters. The number of benzene rings is 3. The Hall–Kier alpha value is -4.39. The van der Waals surface area contributed by atoms with Crippen LogP contribution in [0.5, 0.6) is 0 Å². The summed E-state index contributed by atoms with van der Waals surface area (Å²) in [4.78, 5) is 35.9. The molecule has 7 heteroatoms. The van der Waals surface area contributed by atoms with Crippen LogP contribution < -0.4 is 10.6 Å². The lowest BCUT2D eigenvalue weighted by Crippen LogP contribution is -2.24. The van der Waals surface area contributed by atoms with Crippen molar-refractivity contribution >= 4 is 23.7 Å². The van der Waals surface area contributed by atoms with E-state index in [4.69, 9.17) is 9.84 Å². The average Bonchev–Trinajstić information content (AvgIpc) is 3.17. The fourth-order valence-corrected chi connectivity index (χ4v) is 4.13. The van der Waals surface area contributed by atoms with Crippen LogP contribution in [0.15, 0.2) is 78.4 Å². The van der Waals surface area contributed by atoms with E-state index in [1.807, 2.05) is 31.2 Å². The number of fused-ring (bicyclic) bond motifs is 3. The van der Waals surface area contributed by atoms with E-state index in [2.05, 4.69) is 34.9 Å². The molecule has 0 aliphatic heterocycles. The number of carboxylic acid groups (broad SMARTS) is 1. The summed E-state index contributed by atoms with van der Waals surface area (Å²) < 4.78 is 5.60. The third kappa shape index (κ3) is 5.24. The summed E-state index contributed by atoms with van der Waals surface area (Å²) in [5.41, 5.74) is 6.29. The number of nitrogens with one attached hydrogen (secondary N) is 2. The first-order valence-electron chi connectivity index (χ1n) is 11.3. The Bertz CT molecular complexity index is 1280. The summed E-state index contributed by atoms with van der Waals surface area (Å²) in [5, 5.41) is 14.3.